The molecular formula is C35H34FN7. The molecule has 7 nitrogen and oxygen atoms in total. The molecule has 2 aromatic carbocycles. The first kappa shape index (κ1) is 27.0. The third-order valence-electron chi connectivity index (χ3n) is 8.31. The number of allylic oxidation sites excluding steroid dienone is 1. The lowest BCUT2D eigenvalue weighted by Crippen LogP contribution is -2.29. The van der Waals surface area contributed by atoms with Crippen LogP contribution in [0.5, 0.6) is 0 Å². The second-order valence-corrected chi connectivity index (χ2v) is 11.4. The summed E-state index contributed by atoms with van der Waals surface area (Å²) in [6.45, 7) is 9.00. The highest BCUT2D eigenvalue weighted by Gasteiger charge is 2.17. The number of hydrogen-bond acceptors (Lipinski definition) is 5. The van der Waals surface area contributed by atoms with Crippen LogP contribution < -0.4 is 5.32 Å². The van der Waals surface area contributed by atoms with Crippen LogP contribution in [-0.2, 0) is 6.54 Å². The summed E-state index contributed by atoms with van der Waals surface area (Å²) in [5.41, 5.74) is 10.1. The van der Waals surface area contributed by atoms with Gasteiger partial charge in [0.25, 0.3) is 0 Å². The van der Waals surface area contributed by atoms with E-state index in [0.717, 1.165) is 98.5 Å². The predicted octanol–water partition coefficient (Wildman–Crippen LogP) is 8.30. The Bertz CT molecular complexity index is 1950. The van der Waals surface area contributed by atoms with Crippen LogP contribution in [0.25, 0.3) is 55.4 Å². The highest BCUT2D eigenvalue weighted by Crippen LogP contribution is 2.36. The zero-order valence-corrected chi connectivity index (χ0v) is 24.3. The average molecular weight is 572 g/mol. The van der Waals surface area contributed by atoms with Crippen molar-refractivity contribution in [1.82, 2.24) is 30.0 Å². The Morgan fingerprint density at radius 1 is 0.884 bits per heavy atom. The lowest BCUT2D eigenvalue weighted by atomic mass is 10.0. The Morgan fingerprint density at radius 3 is 2.60 bits per heavy atom. The van der Waals surface area contributed by atoms with Crippen molar-refractivity contribution in [1.29, 1.82) is 0 Å². The molecule has 1 aliphatic rings. The van der Waals surface area contributed by atoms with Gasteiger partial charge in [0.15, 0.2) is 0 Å². The lowest BCUT2D eigenvalue weighted by molar-refractivity contribution is 0.220. The molecule has 0 radical (unpaired) electrons. The van der Waals surface area contributed by atoms with E-state index in [9.17, 15) is 4.39 Å². The van der Waals surface area contributed by atoms with Crippen molar-refractivity contribution in [3.63, 3.8) is 0 Å². The van der Waals surface area contributed by atoms with E-state index in [1.54, 1.807) is 18.3 Å². The number of aromatic nitrogens is 5. The van der Waals surface area contributed by atoms with Gasteiger partial charge in [-0.3, -0.25) is 20.0 Å². The van der Waals surface area contributed by atoms with Crippen molar-refractivity contribution in [2.75, 3.05) is 18.4 Å². The Hall–Kier alpha value is -4.82. The quantitative estimate of drug-likeness (QED) is 0.171. The van der Waals surface area contributed by atoms with E-state index in [1.807, 2.05) is 24.7 Å². The Kier molecular flexibility index (Phi) is 7.20. The minimum Gasteiger partial charge on any atom is -0.358 e. The number of halogens is 1. The van der Waals surface area contributed by atoms with Gasteiger partial charge in [0.2, 0.25) is 0 Å². The monoisotopic (exact) mass is 571 g/mol. The van der Waals surface area contributed by atoms with Gasteiger partial charge in [-0.1, -0.05) is 26.0 Å². The number of nitrogens with one attached hydrogen (secondary N) is 3. The molecule has 7 rings (SSSR count). The molecule has 0 bridgehead atoms. The number of hydrogen-bond donors (Lipinski definition) is 3. The molecule has 3 N–H and O–H groups in total. The van der Waals surface area contributed by atoms with Crippen LogP contribution in [0.3, 0.4) is 0 Å². The van der Waals surface area contributed by atoms with Crippen molar-refractivity contribution >= 4 is 27.5 Å². The van der Waals surface area contributed by atoms with Crippen LogP contribution in [0.2, 0.25) is 0 Å². The van der Waals surface area contributed by atoms with E-state index >= 15 is 0 Å². The fourth-order valence-electron chi connectivity index (χ4n) is 6.04. The van der Waals surface area contributed by atoms with Gasteiger partial charge < -0.3 is 10.3 Å². The maximum Gasteiger partial charge on any atom is 0.124 e. The van der Waals surface area contributed by atoms with Gasteiger partial charge in [-0.2, -0.15) is 5.10 Å². The van der Waals surface area contributed by atoms with Crippen molar-refractivity contribution in [2.45, 2.75) is 39.2 Å². The summed E-state index contributed by atoms with van der Waals surface area (Å²) in [5.74, 6) is -0.226. The molecule has 0 amide bonds. The standard InChI is InChI=1S/C35H34FN7/c1-3-22(2)39-28-14-26(17-37-18-28)24-7-8-32-30(15-24)35(42-41-32)33-16-29-31(19-38-20-34(29)40-33)25-11-23(12-27(36)13-25)21-43-9-5-4-6-10-43/h7-8,11-20,39-40H,2-6,9-10,21H2,1H3,(H,41,42). The summed E-state index contributed by atoms with van der Waals surface area (Å²) >= 11 is 0. The van der Waals surface area contributed by atoms with E-state index in [0.29, 0.717) is 0 Å². The first-order chi connectivity index (χ1) is 21.0. The Balaban J connectivity index is 1.24. The first-order valence-corrected chi connectivity index (χ1v) is 14.9. The number of pyridine rings is 2. The molecular weight excluding hydrogens is 537 g/mol. The van der Waals surface area contributed by atoms with Gasteiger partial charge >= 0.3 is 0 Å². The number of fused-ring (bicyclic) bond motifs is 2. The van der Waals surface area contributed by atoms with E-state index in [2.05, 4.69) is 79.2 Å². The molecule has 0 atom stereocenters. The number of H-pyrrole nitrogens is 2. The smallest absolute Gasteiger partial charge is 0.124 e. The van der Waals surface area contributed by atoms with E-state index in [1.165, 1.54) is 19.3 Å². The molecule has 6 aromatic rings. The maximum atomic E-state index is 14.9. The normalized spacial score (nSPS) is 14.0. The van der Waals surface area contributed by atoms with Crippen LogP contribution in [0.1, 0.15) is 38.2 Å². The molecule has 0 unspecified atom stereocenters. The van der Waals surface area contributed by atoms with Gasteiger partial charge in [-0.15, -0.1) is 0 Å². The van der Waals surface area contributed by atoms with Crippen LogP contribution in [0.15, 0.2) is 85.6 Å². The summed E-state index contributed by atoms with van der Waals surface area (Å²) in [6, 6.07) is 15.8. The molecule has 8 heteroatoms. The maximum absolute atomic E-state index is 14.9. The number of piperidine rings is 1. The number of benzene rings is 2. The van der Waals surface area contributed by atoms with Gasteiger partial charge in [-0.25, -0.2) is 4.39 Å². The Morgan fingerprint density at radius 2 is 1.74 bits per heavy atom. The largest absolute Gasteiger partial charge is 0.358 e. The van der Waals surface area contributed by atoms with Gasteiger partial charge in [0, 0.05) is 46.5 Å². The topological polar surface area (TPSA) is 85.5 Å². The summed E-state index contributed by atoms with van der Waals surface area (Å²) in [7, 11) is 0. The summed E-state index contributed by atoms with van der Waals surface area (Å²) in [4.78, 5) is 14.9. The summed E-state index contributed by atoms with van der Waals surface area (Å²) < 4.78 is 14.9. The number of likely N-dealkylation sites (tertiary alicyclic amines) is 1. The van der Waals surface area contributed by atoms with Crippen LogP contribution in [0, 0.1) is 5.82 Å². The van der Waals surface area contributed by atoms with Crippen molar-refractivity contribution < 1.29 is 4.39 Å². The first-order valence-electron chi connectivity index (χ1n) is 14.9. The highest BCUT2D eigenvalue weighted by molar-refractivity contribution is 6.01. The second-order valence-electron chi connectivity index (χ2n) is 11.4. The Labute approximate surface area is 249 Å². The van der Waals surface area contributed by atoms with Crippen LogP contribution in [0.4, 0.5) is 10.1 Å². The number of aromatic amines is 2. The summed E-state index contributed by atoms with van der Waals surface area (Å²) in [5, 5.41) is 13.1. The van der Waals surface area contributed by atoms with E-state index in [-0.39, 0.29) is 5.82 Å². The van der Waals surface area contributed by atoms with Gasteiger partial charge in [0.05, 0.1) is 34.8 Å². The molecule has 5 heterocycles. The molecule has 43 heavy (non-hydrogen) atoms. The SMILES string of the molecule is C=C(CC)Nc1cncc(-c2ccc3[nH]nc(-c4cc5c(-c6cc(F)cc(CN7CCCCC7)c6)cncc5[nH]4)c3c2)c1. The number of rotatable bonds is 8. The molecule has 0 spiro atoms. The molecule has 1 saturated heterocycles. The zero-order chi connectivity index (χ0) is 29.3. The van der Waals surface area contributed by atoms with E-state index in [4.69, 9.17) is 0 Å². The van der Waals surface area contributed by atoms with E-state index < -0.39 is 0 Å². The predicted molar refractivity (Wildman–Crippen MR) is 172 cm³/mol. The van der Waals surface area contributed by atoms with Crippen molar-refractivity contribution in [3.8, 4) is 33.6 Å². The highest BCUT2D eigenvalue weighted by atomic mass is 19.1. The number of nitrogens with zero attached hydrogens (tertiary/aromatic N) is 4. The molecule has 4 aromatic heterocycles. The third-order valence-corrected chi connectivity index (χ3v) is 8.31. The molecule has 1 fully saturated rings. The fraction of sp³-hybridized carbons (Fsp3) is 0.229. The van der Waals surface area contributed by atoms with Crippen molar-refractivity contribution in [2.24, 2.45) is 0 Å². The second kappa shape index (κ2) is 11.5. The lowest BCUT2D eigenvalue weighted by Gasteiger charge is -2.26. The molecule has 1 aliphatic heterocycles. The number of anilines is 1. The van der Waals surface area contributed by atoms with Crippen LogP contribution >= 0.6 is 0 Å². The average Bonchev–Trinajstić information content (AvgIpc) is 3.65. The molecule has 216 valence electrons. The molecule has 0 aliphatic carbocycles. The van der Waals surface area contributed by atoms with Crippen LogP contribution in [-0.4, -0.2) is 43.1 Å². The van der Waals surface area contributed by atoms with Crippen molar-refractivity contribution in [3.05, 3.63) is 97.0 Å². The minimum atomic E-state index is -0.226. The third kappa shape index (κ3) is 5.53. The summed E-state index contributed by atoms with van der Waals surface area (Å²) in [6.07, 6.45) is 11.8. The minimum absolute atomic E-state index is 0.226. The van der Waals surface area contributed by atoms with Gasteiger partial charge in [-0.05, 0) is 91.5 Å². The zero-order valence-electron chi connectivity index (χ0n) is 24.3. The fourth-order valence-corrected chi connectivity index (χ4v) is 6.04. The molecule has 0 saturated carbocycles. The van der Waals surface area contributed by atoms with Gasteiger partial charge in [0.1, 0.15) is 11.5 Å².